The van der Waals surface area contributed by atoms with Crippen molar-refractivity contribution in [3.8, 4) is 0 Å². The molecule has 0 aromatic rings. The quantitative estimate of drug-likeness (QED) is 0.486. The summed E-state index contributed by atoms with van der Waals surface area (Å²) in [5.74, 6) is 0. The van der Waals surface area contributed by atoms with Crippen LogP contribution in [0.25, 0.3) is 0 Å². The lowest BCUT2D eigenvalue weighted by Gasteiger charge is -1.98. The van der Waals surface area contributed by atoms with E-state index in [1.807, 2.05) is 6.92 Å². The molecule has 0 rings (SSSR count). The maximum atomic E-state index is 10.3. The Hall–Kier alpha value is -1.65. The fourth-order valence-electron chi connectivity index (χ4n) is 0.517. The predicted octanol–water partition coefficient (Wildman–Crippen LogP) is 0.678. The zero-order chi connectivity index (χ0) is 10.1. The summed E-state index contributed by atoms with van der Waals surface area (Å²) in [7, 11) is 0. The molecule has 0 spiro atoms. The van der Waals surface area contributed by atoms with Crippen LogP contribution in [0.1, 0.15) is 13.8 Å². The molecule has 0 aliphatic rings. The summed E-state index contributed by atoms with van der Waals surface area (Å²) in [5, 5.41) is 2.41. The molecule has 0 saturated heterocycles. The number of allylic oxidation sites excluding steroid dienone is 1. The lowest BCUT2D eigenvalue weighted by atomic mass is 10.4. The van der Waals surface area contributed by atoms with E-state index in [2.05, 4.69) is 15.3 Å². The van der Waals surface area contributed by atoms with Gasteiger partial charge in [0, 0.05) is 11.9 Å². The predicted molar refractivity (Wildman–Crippen MR) is 54.0 cm³/mol. The Balaban J connectivity index is 3.81. The zero-order valence-corrected chi connectivity index (χ0v) is 7.82. The molecule has 0 radical (unpaired) electrons. The molecule has 5 heteroatoms. The molecule has 72 valence electrons. The number of nitrogens with zero attached hydrogens (tertiary/aromatic N) is 2. The molecule has 0 unspecified atom stereocenters. The maximum absolute atomic E-state index is 10.3. The van der Waals surface area contributed by atoms with Gasteiger partial charge in [0.2, 0.25) is 0 Å². The summed E-state index contributed by atoms with van der Waals surface area (Å²) in [4.78, 5) is 18.0. The van der Waals surface area contributed by atoms with Crippen LogP contribution in [0, 0.1) is 0 Å². The van der Waals surface area contributed by atoms with Crippen molar-refractivity contribution in [1.29, 1.82) is 0 Å². The van der Waals surface area contributed by atoms with Gasteiger partial charge in [0.1, 0.15) is 6.34 Å². The summed E-state index contributed by atoms with van der Waals surface area (Å²) in [6, 6.07) is -0.556. The van der Waals surface area contributed by atoms with E-state index in [1.54, 1.807) is 19.2 Å². The van der Waals surface area contributed by atoms with Gasteiger partial charge in [-0.25, -0.2) is 14.8 Å². The largest absolute Gasteiger partial charge is 0.352 e. The second-order valence-corrected chi connectivity index (χ2v) is 2.33. The summed E-state index contributed by atoms with van der Waals surface area (Å²) < 4.78 is 0. The highest BCUT2D eigenvalue weighted by Crippen LogP contribution is 1.76. The SMILES string of the molecule is C/C=C\N=CN=C(C)CNC(N)=O. The van der Waals surface area contributed by atoms with E-state index in [1.165, 1.54) is 6.34 Å². The van der Waals surface area contributed by atoms with Crippen LogP contribution < -0.4 is 11.1 Å². The number of nitrogens with two attached hydrogens (primary N) is 1. The van der Waals surface area contributed by atoms with Gasteiger partial charge in [-0.1, -0.05) is 6.08 Å². The molecule has 3 N–H and O–H groups in total. The normalized spacial score (nSPS) is 12.6. The van der Waals surface area contributed by atoms with Crippen molar-refractivity contribution >= 4 is 18.1 Å². The Morgan fingerprint density at radius 3 is 2.85 bits per heavy atom. The Morgan fingerprint density at radius 1 is 1.62 bits per heavy atom. The first kappa shape index (κ1) is 11.4. The van der Waals surface area contributed by atoms with Gasteiger partial charge in [0.05, 0.1) is 6.54 Å². The minimum Gasteiger partial charge on any atom is -0.352 e. The number of carbonyl (C=O) groups is 1. The van der Waals surface area contributed by atoms with Crippen LogP contribution in [0.2, 0.25) is 0 Å². The summed E-state index contributed by atoms with van der Waals surface area (Å²) >= 11 is 0. The van der Waals surface area contributed by atoms with Crippen LogP contribution >= 0.6 is 0 Å². The summed E-state index contributed by atoms with van der Waals surface area (Å²) in [6.45, 7) is 3.98. The van der Waals surface area contributed by atoms with E-state index < -0.39 is 6.03 Å². The van der Waals surface area contributed by atoms with Crippen molar-refractivity contribution in [3.63, 3.8) is 0 Å². The van der Waals surface area contributed by atoms with Gasteiger partial charge < -0.3 is 11.1 Å². The number of aliphatic imine (C=N–C) groups is 2. The number of hydrogen-bond donors (Lipinski definition) is 2. The third kappa shape index (κ3) is 8.25. The molecular weight excluding hydrogens is 168 g/mol. The third-order valence-corrected chi connectivity index (χ3v) is 1.10. The molecule has 0 saturated carbocycles. The highest BCUT2D eigenvalue weighted by atomic mass is 16.2. The average Bonchev–Trinajstić information content (AvgIpc) is 2.09. The fraction of sp³-hybridized carbons (Fsp3) is 0.375. The summed E-state index contributed by atoms with van der Waals surface area (Å²) in [6.07, 6.45) is 4.83. The molecule has 13 heavy (non-hydrogen) atoms. The molecule has 0 aliphatic carbocycles. The van der Waals surface area contributed by atoms with Crippen molar-refractivity contribution < 1.29 is 4.79 Å². The van der Waals surface area contributed by atoms with Crippen molar-refractivity contribution in [2.24, 2.45) is 15.7 Å². The van der Waals surface area contributed by atoms with Gasteiger partial charge >= 0.3 is 6.03 Å². The maximum Gasteiger partial charge on any atom is 0.312 e. The number of hydrogen-bond acceptors (Lipinski definition) is 2. The van der Waals surface area contributed by atoms with Crippen molar-refractivity contribution in [2.75, 3.05) is 6.54 Å². The first-order chi connectivity index (χ1) is 6.16. The van der Waals surface area contributed by atoms with Crippen LogP contribution in [-0.2, 0) is 0 Å². The molecule has 5 nitrogen and oxygen atoms in total. The van der Waals surface area contributed by atoms with Crippen LogP contribution in [0.15, 0.2) is 22.3 Å². The van der Waals surface area contributed by atoms with Crippen molar-refractivity contribution in [2.45, 2.75) is 13.8 Å². The zero-order valence-electron chi connectivity index (χ0n) is 7.82. The first-order valence-corrected chi connectivity index (χ1v) is 3.86. The smallest absolute Gasteiger partial charge is 0.312 e. The minimum atomic E-state index is -0.556. The topological polar surface area (TPSA) is 79.8 Å². The Bertz CT molecular complexity index is 243. The van der Waals surface area contributed by atoms with Gasteiger partial charge in [-0.15, -0.1) is 0 Å². The van der Waals surface area contributed by atoms with Crippen LogP contribution in [0.5, 0.6) is 0 Å². The summed E-state index contributed by atoms with van der Waals surface area (Å²) in [5.41, 5.74) is 5.61. The Labute approximate surface area is 77.4 Å². The average molecular weight is 182 g/mol. The van der Waals surface area contributed by atoms with E-state index >= 15 is 0 Å². The van der Waals surface area contributed by atoms with E-state index in [0.717, 1.165) is 5.71 Å². The van der Waals surface area contributed by atoms with Gasteiger partial charge in [-0.05, 0) is 13.8 Å². The molecule has 0 atom stereocenters. The molecule has 2 amide bonds. The third-order valence-electron chi connectivity index (χ3n) is 1.10. The monoisotopic (exact) mass is 182 g/mol. The Morgan fingerprint density at radius 2 is 2.31 bits per heavy atom. The first-order valence-electron chi connectivity index (χ1n) is 3.86. The second kappa shape index (κ2) is 7.02. The lowest BCUT2D eigenvalue weighted by molar-refractivity contribution is 0.250. The number of rotatable bonds is 4. The van der Waals surface area contributed by atoms with Crippen LogP contribution in [0.3, 0.4) is 0 Å². The van der Waals surface area contributed by atoms with E-state index in [-0.39, 0.29) is 0 Å². The number of primary amides is 1. The lowest BCUT2D eigenvalue weighted by Crippen LogP contribution is -2.33. The molecule has 0 heterocycles. The fourth-order valence-corrected chi connectivity index (χ4v) is 0.517. The van der Waals surface area contributed by atoms with Crippen LogP contribution in [0.4, 0.5) is 4.79 Å². The molecule has 0 aromatic heterocycles. The van der Waals surface area contributed by atoms with Crippen LogP contribution in [-0.4, -0.2) is 24.6 Å². The highest BCUT2D eigenvalue weighted by molar-refractivity contribution is 5.92. The van der Waals surface area contributed by atoms with Crippen molar-refractivity contribution in [1.82, 2.24) is 5.32 Å². The van der Waals surface area contributed by atoms with Gasteiger partial charge in [-0.3, -0.25) is 0 Å². The second-order valence-electron chi connectivity index (χ2n) is 2.33. The number of urea groups is 1. The van der Waals surface area contributed by atoms with Gasteiger partial charge in [0.25, 0.3) is 0 Å². The number of carbonyl (C=O) groups excluding carboxylic acids is 1. The van der Waals surface area contributed by atoms with Gasteiger partial charge in [-0.2, -0.15) is 0 Å². The standard InChI is InChI=1S/C8H14N4O/c1-3-4-10-6-12-7(2)5-11-8(9)13/h3-4,6H,5H2,1-2H3,(H3,9,11,13)/b4-3-,10-6?,12-7?. The highest BCUT2D eigenvalue weighted by Gasteiger charge is 1.91. The minimum absolute atomic E-state index is 0.344. The molecule has 0 aromatic carbocycles. The number of nitrogens with one attached hydrogen (secondary N) is 1. The Kier molecular flexibility index (Phi) is 6.13. The van der Waals surface area contributed by atoms with Crippen molar-refractivity contribution in [3.05, 3.63) is 12.3 Å². The van der Waals surface area contributed by atoms with E-state index in [4.69, 9.17) is 5.73 Å². The van der Waals surface area contributed by atoms with E-state index in [9.17, 15) is 4.79 Å². The molecule has 0 fully saturated rings. The molecule has 0 bridgehead atoms. The molecular formula is C8H14N4O. The molecule has 0 aliphatic heterocycles. The number of amides is 2. The van der Waals surface area contributed by atoms with E-state index in [0.29, 0.717) is 6.54 Å². The van der Waals surface area contributed by atoms with Gasteiger partial charge in [0.15, 0.2) is 0 Å².